The summed E-state index contributed by atoms with van der Waals surface area (Å²) in [5.74, 6) is 0.649. The zero-order valence-electron chi connectivity index (χ0n) is 9.09. The van der Waals surface area contributed by atoms with E-state index in [0.717, 1.165) is 17.6 Å². The molecule has 0 aliphatic carbocycles. The number of benzene rings is 1. The van der Waals surface area contributed by atoms with Gasteiger partial charge in [0.15, 0.2) is 0 Å². The summed E-state index contributed by atoms with van der Waals surface area (Å²) in [5, 5.41) is 3.46. The van der Waals surface area contributed by atoms with Crippen molar-refractivity contribution in [1.82, 2.24) is 5.32 Å². The summed E-state index contributed by atoms with van der Waals surface area (Å²) >= 11 is 3.47. The summed E-state index contributed by atoms with van der Waals surface area (Å²) < 4.78 is 1.16. The summed E-state index contributed by atoms with van der Waals surface area (Å²) in [4.78, 5) is 0. The number of hydrogen-bond donors (Lipinski definition) is 1. The largest absolute Gasteiger partial charge is 0.316 e. The van der Waals surface area contributed by atoms with Crippen LogP contribution in [0.25, 0.3) is 0 Å². The Kier molecular flexibility index (Phi) is 4.21. The summed E-state index contributed by atoms with van der Waals surface area (Å²) in [6.45, 7) is 6.89. The minimum absolute atomic E-state index is 0. The third-order valence-electron chi connectivity index (χ3n) is 3.14. The SMILES string of the molecule is CC1(C)CNCC1c1ccc(Br)cc1.Cl. The Morgan fingerprint density at radius 2 is 1.87 bits per heavy atom. The molecule has 0 saturated carbocycles. The Labute approximate surface area is 106 Å². The molecule has 1 aliphatic heterocycles. The van der Waals surface area contributed by atoms with Crippen molar-refractivity contribution in [1.29, 1.82) is 0 Å². The van der Waals surface area contributed by atoms with Crippen LogP contribution in [0.1, 0.15) is 25.3 Å². The van der Waals surface area contributed by atoms with Crippen molar-refractivity contribution in [3.8, 4) is 0 Å². The molecule has 15 heavy (non-hydrogen) atoms. The maximum absolute atomic E-state index is 3.47. The van der Waals surface area contributed by atoms with Crippen LogP contribution < -0.4 is 5.32 Å². The Morgan fingerprint density at radius 1 is 1.27 bits per heavy atom. The predicted molar refractivity (Wildman–Crippen MR) is 70.8 cm³/mol. The monoisotopic (exact) mass is 289 g/mol. The van der Waals surface area contributed by atoms with Gasteiger partial charge in [0, 0.05) is 23.5 Å². The minimum Gasteiger partial charge on any atom is -0.316 e. The Hall–Kier alpha value is -0.0500. The summed E-state index contributed by atoms with van der Waals surface area (Å²) in [6, 6.07) is 8.71. The van der Waals surface area contributed by atoms with Gasteiger partial charge in [-0.25, -0.2) is 0 Å². The second kappa shape index (κ2) is 4.86. The van der Waals surface area contributed by atoms with Crippen LogP contribution in [0.4, 0.5) is 0 Å². The molecule has 1 aromatic carbocycles. The van der Waals surface area contributed by atoms with E-state index in [1.807, 2.05) is 0 Å². The molecule has 0 spiro atoms. The molecule has 84 valence electrons. The molecule has 0 bridgehead atoms. The van der Waals surface area contributed by atoms with Gasteiger partial charge in [0.2, 0.25) is 0 Å². The lowest BCUT2D eigenvalue weighted by molar-refractivity contribution is 0.363. The smallest absolute Gasteiger partial charge is 0.0175 e. The molecule has 1 aliphatic rings. The van der Waals surface area contributed by atoms with Crippen LogP contribution in [0.3, 0.4) is 0 Å². The van der Waals surface area contributed by atoms with E-state index in [-0.39, 0.29) is 12.4 Å². The first-order chi connectivity index (χ1) is 6.59. The van der Waals surface area contributed by atoms with E-state index in [2.05, 4.69) is 59.4 Å². The predicted octanol–water partition coefficient (Wildman–Crippen LogP) is 3.58. The summed E-state index contributed by atoms with van der Waals surface area (Å²) in [5.41, 5.74) is 1.83. The van der Waals surface area contributed by atoms with E-state index in [1.165, 1.54) is 5.56 Å². The molecule has 2 rings (SSSR count). The lowest BCUT2D eigenvalue weighted by Gasteiger charge is -2.26. The highest BCUT2D eigenvalue weighted by molar-refractivity contribution is 9.10. The zero-order chi connectivity index (χ0) is 10.2. The fourth-order valence-corrected chi connectivity index (χ4v) is 2.47. The highest BCUT2D eigenvalue weighted by Crippen LogP contribution is 2.38. The fraction of sp³-hybridized carbons (Fsp3) is 0.500. The fourth-order valence-electron chi connectivity index (χ4n) is 2.20. The van der Waals surface area contributed by atoms with E-state index in [4.69, 9.17) is 0 Å². The van der Waals surface area contributed by atoms with Crippen LogP contribution in [0, 0.1) is 5.41 Å². The first kappa shape index (κ1) is 13.0. The molecule has 1 fully saturated rings. The van der Waals surface area contributed by atoms with Gasteiger partial charge in [0.1, 0.15) is 0 Å². The highest BCUT2D eigenvalue weighted by Gasteiger charge is 2.35. The molecule has 3 heteroatoms. The van der Waals surface area contributed by atoms with E-state index >= 15 is 0 Å². The molecule has 0 amide bonds. The maximum Gasteiger partial charge on any atom is 0.0175 e. The highest BCUT2D eigenvalue weighted by atomic mass is 79.9. The molecule has 1 saturated heterocycles. The molecule has 1 N–H and O–H groups in total. The average molecular weight is 291 g/mol. The van der Waals surface area contributed by atoms with Crippen LogP contribution in [0.2, 0.25) is 0 Å². The van der Waals surface area contributed by atoms with Gasteiger partial charge < -0.3 is 5.32 Å². The number of nitrogens with one attached hydrogen (secondary N) is 1. The molecule has 0 radical (unpaired) electrons. The molecule has 1 atom stereocenters. The Bertz CT molecular complexity index is 321. The van der Waals surface area contributed by atoms with Gasteiger partial charge in [-0.2, -0.15) is 0 Å². The van der Waals surface area contributed by atoms with Crippen LogP contribution in [-0.4, -0.2) is 13.1 Å². The molecule has 1 nitrogen and oxygen atoms in total. The van der Waals surface area contributed by atoms with Crippen LogP contribution >= 0.6 is 28.3 Å². The second-order valence-corrected chi connectivity index (χ2v) is 5.64. The van der Waals surface area contributed by atoms with E-state index in [9.17, 15) is 0 Å². The summed E-state index contributed by atoms with van der Waals surface area (Å²) in [7, 11) is 0. The normalized spacial score (nSPS) is 23.5. The van der Waals surface area contributed by atoms with Crippen molar-refractivity contribution in [2.75, 3.05) is 13.1 Å². The van der Waals surface area contributed by atoms with Gasteiger partial charge in [-0.3, -0.25) is 0 Å². The third kappa shape index (κ3) is 2.74. The van der Waals surface area contributed by atoms with Gasteiger partial charge in [-0.15, -0.1) is 12.4 Å². The van der Waals surface area contributed by atoms with Crippen molar-refractivity contribution in [3.05, 3.63) is 34.3 Å². The molecule has 0 aromatic heterocycles. The van der Waals surface area contributed by atoms with Crippen molar-refractivity contribution in [2.24, 2.45) is 5.41 Å². The van der Waals surface area contributed by atoms with Gasteiger partial charge in [0.05, 0.1) is 0 Å². The van der Waals surface area contributed by atoms with Gasteiger partial charge in [-0.1, -0.05) is 41.9 Å². The van der Waals surface area contributed by atoms with Crippen LogP contribution in [0.5, 0.6) is 0 Å². The van der Waals surface area contributed by atoms with Crippen molar-refractivity contribution >= 4 is 28.3 Å². The van der Waals surface area contributed by atoms with E-state index in [0.29, 0.717) is 11.3 Å². The van der Waals surface area contributed by atoms with Gasteiger partial charge >= 0.3 is 0 Å². The number of halogens is 2. The topological polar surface area (TPSA) is 12.0 Å². The molecule has 1 heterocycles. The van der Waals surface area contributed by atoms with Gasteiger partial charge in [-0.05, 0) is 23.1 Å². The van der Waals surface area contributed by atoms with Crippen LogP contribution in [0.15, 0.2) is 28.7 Å². The third-order valence-corrected chi connectivity index (χ3v) is 3.67. The quantitative estimate of drug-likeness (QED) is 0.833. The van der Waals surface area contributed by atoms with Gasteiger partial charge in [0.25, 0.3) is 0 Å². The van der Waals surface area contributed by atoms with Crippen molar-refractivity contribution < 1.29 is 0 Å². The first-order valence-corrected chi connectivity index (χ1v) is 5.85. The summed E-state index contributed by atoms with van der Waals surface area (Å²) in [6.07, 6.45) is 0. The van der Waals surface area contributed by atoms with E-state index < -0.39 is 0 Å². The molecule has 1 aromatic rings. The van der Waals surface area contributed by atoms with Crippen molar-refractivity contribution in [3.63, 3.8) is 0 Å². The lowest BCUT2D eigenvalue weighted by atomic mass is 9.78. The first-order valence-electron chi connectivity index (χ1n) is 5.06. The lowest BCUT2D eigenvalue weighted by Crippen LogP contribution is -2.20. The second-order valence-electron chi connectivity index (χ2n) is 4.72. The van der Waals surface area contributed by atoms with Crippen molar-refractivity contribution in [2.45, 2.75) is 19.8 Å². The maximum atomic E-state index is 3.47. The minimum atomic E-state index is 0. The van der Waals surface area contributed by atoms with E-state index in [1.54, 1.807) is 0 Å². The molecular formula is C12H17BrClN. The average Bonchev–Trinajstić information content (AvgIpc) is 2.47. The van der Waals surface area contributed by atoms with Crippen LogP contribution in [-0.2, 0) is 0 Å². The Morgan fingerprint density at radius 3 is 2.33 bits per heavy atom. The standard InChI is InChI=1S/C12H16BrN.ClH/c1-12(2)8-14-7-11(12)9-3-5-10(13)6-4-9;/h3-6,11,14H,7-8H2,1-2H3;1H. The molecule has 1 unspecified atom stereocenters. The molecular weight excluding hydrogens is 273 g/mol. The number of hydrogen-bond acceptors (Lipinski definition) is 1. The number of rotatable bonds is 1. The zero-order valence-corrected chi connectivity index (χ0v) is 11.5. The Balaban J connectivity index is 0.00000112.